The first-order valence-electron chi connectivity index (χ1n) is 13.6. The third kappa shape index (κ3) is 4.79. The van der Waals surface area contributed by atoms with Crippen molar-refractivity contribution >= 4 is 29.2 Å². The van der Waals surface area contributed by atoms with Gasteiger partial charge in [-0.25, -0.2) is 4.79 Å². The molecule has 0 saturated carbocycles. The molecule has 2 fully saturated rings. The summed E-state index contributed by atoms with van der Waals surface area (Å²) in [5.41, 5.74) is 2.26. The van der Waals surface area contributed by atoms with Gasteiger partial charge in [-0.1, -0.05) is 50.8 Å². The lowest BCUT2D eigenvalue weighted by atomic mass is 9.67. The van der Waals surface area contributed by atoms with E-state index in [2.05, 4.69) is 30.0 Å². The fourth-order valence-corrected chi connectivity index (χ4v) is 7.13. The van der Waals surface area contributed by atoms with Crippen LogP contribution in [-0.4, -0.2) is 62.6 Å². The molecule has 1 unspecified atom stereocenters. The van der Waals surface area contributed by atoms with E-state index in [4.69, 9.17) is 21.1 Å². The van der Waals surface area contributed by atoms with Crippen molar-refractivity contribution < 1.29 is 19.1 Å². The fourth-order valence-electron chi connectivity index (χ4n) is 6.94. The molecule has 0 bridgehead atoms. The van der Waals surface area contributed by atoms with Crippen molar-refractivity contribution in [1.82, 2.24) is 4.90 Å². The number of carbonyl (C=O) groups excluding carboxylic acids is 2. The van der Waals surface area contributed by atoms with Gasteiger partial charge >= 0.3 is 5.97 Å². The summed E-state index contributed by atoms with van der Waals surface area (Å²) in [4.78, 5) is 31.6. The van der Waals surface area contributed by atoms with Crippen molar-refractivity contribution in [1.29, 1.82) is 0 Å². The average Bonchev–Trinajstić information content (AvgIpc) is 3.39. The number of anilines is 1. The van der Waals surface area contributed by atoms with Crippen molar-refractivity contribution in [2.24, 2.45) is 11.8 Å². The maximum Gasteiger partial charge on any atom is 0.337 e. The van der Waals surface area contributed by atoms with Crippen molar-refractivity contribution in [2.45, 2.75) is 69.7 Å². The molecule has 0 radical (unpaired) electrons. The highest BCUT2D eigenvalue weighted by Crippen LogP contribution is 2.55. The molecule has 36 heavy (non-hydrogen) atoms. The quantitative estimate of drug-likeness (QED) is 0.132. The molecular weight excluding hydrogens is 476 g/mol. The SMILES string of the molecule is CC[C@H]1CN2CC[C@]3(C(=O)N(CCCCCCCCl)c4ccccc43)C2C[C@@H]1/C(=C\OC)C(=O)OC. The van der Waals surface area contributed by atoms with Gasteiger partial charge in [0.2, 0.25) is 5.91 Å². The van der Waals surface area contributed by atoms with E-state index in [0.717, 1.165) is 88.1 Å². The van der Waals surface area contributed by atoms with E-state index in [1.54, 1.807) is 13.4 Å². The summed E-state index contributed by atoms with van der Waals surface area (Å²) in [6, 6.07) is 8.42. The Hall–Kier alpha value is -2.05. The third-order valence-electron chi connectivity index (χ3n) is 8.73. The van der Waals surface area contributed by atoms with Crippen LogP contribution >= 0.6 is 11.6 Å². The number of halogens is 1. The molecular formula is C29H41ClN2O4. The zero-order valence-corrected chi connectivity index (χ0v) is 22.8. The number of carbonyl (C=O) groups is 2. The van der Waals surface area contributed by atoms with Crippen LogP contribution in [0, 0.1) is 11.8 Å². The van der Waals surface area contributed by atoms with E-state index >= 15 is 0 Å². The lowest BCUT2D eigenvalue weighted by Gasteiger charge is -2.45. The second-order valence-corrected chi connectivity index (χ2v) is 10.9. The highest BCUT2D eigenvalue weighted by Gasteiger charge is 2.62. The number of fused-ring (bicyclic) bond motifs is 4. The van der Waals surface area contributed by atoms with Crippen molar-refractivity contribution in [2.75, 3.05) is 44.6 Å². The van der Waals surface area contributed by atoms with Crippen LogP contribution in [-0.2, 0) is 24.5 Å². The summed E-state index contributed by atoms with van der Waals surface area (Å²) < 4.78 is 10.4. The van der Waals surface area contributed by atoms with E-state index in [1.165, 1.54) is 7.11 Å². The Morgan fingerprint density at radius 1 is 1.17 bits per heavy atom. The van der Waals surface area contributed by atoms with Crippen LogP contribution in [0.1, 0.15) is 63.9 Å². The van der Waals surface area contributed by atoms with Gasteiger partial charge in [0.25, 0.3) is 0 Å². The van der Waals surface area contributed by atoms with Crippen LogP contribution in [0.4, 0.5) is 5.69 Å². The van der Waals surface area contributed by atoms with Crippen LogP contribution in [0.3, 0.4) is 0 Å². The molecule has 6 nitrogen and oxygen atoms in total. The third-order valence-corrected chi connectivity index (χ3v) is 8.99. The topological polar surface area (TPSA) is 59.1 Å². The van der Waals surface area contributed by atoms with Crippen LogP contribution in [0.2, 0.25) is 0 Å². The molecule has 0 aromatic heterocycles. The van der Waals surface area contributed by atoms with E-state index < -0.39 is 5.41 Å². The van der Waals surface area contributed by atoms with Gasteiger partial charge in [0.15, 0.2) is 0 Å². The molecule has 2 saturated heterocycles. The van der Waals surface area contributed by atoms with Crippen molar-refractivity contribution in [3.05, 3.63) is 41.7 Å². The van der Waals surface area contributed by atoms with E-state index in [9.17, 15) is 9.59 Å². The first-order chi connectivity index (χ1) is 17.5. The zero-order valence-electron chi connectivity index (χ0n) is 22.0. The Morgan fingerprint density at radius 2 is 1.92 bits per heavy atom. The number of unbranched alkanes of at least 4 members (excludes halogenated alkanes) is 4. The van der Waals surface area contributed by atoms with Crippen LogP contribution < -0.4 is 4.90 Å². The molecule has 1 amide bonds. The van der Waals surface area contributed by atoms with Gasteiger partial charge in [0, 0.05) is 30.7 Å². The molecule has 1 spiro atoms. The minimum Gasteiger partial charge on any atom is -0.504 e. The molecule has 3 aliphatic heterocycles. The molecule has 1 aromatic carbocycles. The number of ether oxygens (including phenoxy) is 2. The summed E-state index contributed by atoms with van der Waals surface area (Å²) in [5, 5.41) is 0. The van der Waals surface area contributed by atoms with Crippen LogP contribution in [0.15, 0.2) is 36.1 Å². The normalized spacial score (nSPS) is 27.9. The van der Waals surface area contributed by atoms with Gasteiger partial charge in [-0.3, -0.25) is 9.69 Å². The number of esters is 1. The first kappa shape index (κ1) is 27.0. The van der Waals surface area contributed by atoms with Gasteiger partial charge < -0.3 is 14.4 Å². The molecule has 0 N–H and O–H groups in total. The number of benzene rings is 1. The minimum absolute atomic E-state index is 0.00503. The molecule has 3 heterocycles. The Labute approximate surface area is 220 Å². The van der Waals surface area contributed by atoms with Gasteiger partial charge in [0.1, 0.15) is 0 Å². The van der Waals surface area contributed by atoms with Gasteiger partial charge in [-0.15, -0.1) is 11.6 Å². The summed E-state index contributed by atoms with van der Waals surface area (Å²) >= 11 is 5.82. The van der Waals surface area contributed by atoms with Crippen molar-refractivity contribution in [3.63, 3.8) is 0 Å². The highest BCUT2D eigenvalue weighted by molar-refractivity contribution is 6.17. The van der Waals surface area contributed by atoms with Crippen molar-refractivity contribution in [3.8, 4) is 0 Å². The summed E-state index contributed by atoms with van der Waals surface area (Å²) in [6.07, 6.45) is 9.54. The number of hydrogen-bond donors (Lipinski definition) is 0. The van der Waals surface area contributed by atoms with Gasteiger partial charge in [-0.05, 0) is 55.7 Å². The second kappa shape index (κ2) is 12.0. The van der Waals surface area contributed by atoms with Crippen LogP contribution in [0.5, 0.6) is 0 Å². The number of hydrogen-bond acceptors (Lipinski definition) is 5. The summed E-state index contributed by atoms with van der Waals surface area (Å²) in [6.45, 7) is 4.71. The number of alkyl halides is 1. The van der Waals surface area contributed by atoms with E-state index in [1.807, 2.05) is 11.0 Å². The molecule has 4 rings (SSSR count). The number of amides is 1. The molecule has 1 aromatic rings. The molecule has 0 aliphatic carbocycles. The maximum absolute atomic E-state index is 14.3. The Bertz CT molecular complexity index is 966. The number of nitrogens with zero attached hydrogens (tertiary/aromatic N) is 2. The largest absolute Gasteiger partial charge is 0.504 e. The first-order valence-corrected chi connectivity index (χ1v) is 14.1. The van der Waals surface area contributed by atoms with E-state index in [-0.39, 0.29) is 23.8 Å². The molecule has 3 aliphatic rings. The highest BCUT2D eigenvalue weighted by atomic mass is 35.5. The summed E-state index contributed by atoms with van der Waals surface area (Å²) in [7, 11) is 2.99. The predicted octanol–water partition coefficient (Wildman–Crippen LogP) is 5.28. The van der Waals surface area contributed by atoms with Gasteiger partial charge in [-0.2, -0.15) is 0 Å². The predicted molar refractivity (Wildman–Crippen MR) is 143 cm³/mol. The monoisotopic (exact) mass is 516 g/mol. The lowest BCUT2D eigenvalue weighted by Crippen LogP contribution is -2.55. The average molecular weight is 517 g/mol. The lowest BCUT2D eigenvalue weighted by molar-refractivity contribution is -0.137. The number of para-hydroxylation sites is 1. The molecule has 198 valence electrons. The number of piperidine rings is 1. The van der Waals surface area contributed by atoms with E-state index in [0.29, 0.717) is 11.5 Å². The smallest absolute Gasteiger partial charge is 0.337 e. The zero-order chi connectivity index (χ0) is 25.7. The van der Waals surface area contributed by atoms with Gasteiger partial charge in [0.05, 0.1) is 31.5 Å². The standard InChI is InChI=1S/C29H41ClN2O4/c1-4-21-19-31-17-14-29(26(31)18-22(21)23(20-35-2)27(33)36-3)24-12-8-9-13-25(24)32(28(29)34)16-11-7-5-6-10-15-30/h8-9,12-13,20-22,26H,4-7,10-11,14-19H2,1-3H3/b23-20+/t21-,22-,26?,29+/m0/s1. The second-order valence-electron chi connectivity index (χ2n) is 10.5. The van der Waals surface area contributed by atoms with Crippen LogP contribution in [0.25, 0.3) is 0 Å². The Morgan fingerprint density at radius 3 is 2.64 bits per heavy atom. The minimum atomic E-state index is -0.555. The fraction of sp³-hybridized carbons (Fsp3) is 0.655. The summed E-state index contributed by atoms with van der Waals surface area (Å²) in [5.74, 6) is 0.924. The molecule has 7 heteroatoms. The number of rotatable bonds is 11. The maximum atomic E-state index is 14.3. The Kier molecular flexibility index (Phi) is 9.00. The number of methoxy groups -OCH3 is 2. The molecule has 4 atom stereocenters. The Balaban J connectivity index is 1.62.